The molecule has 14 heavy (non-hydrogen) atoms. The molecule has 0 atom stereocenters. The lowest BCUT2D eigenvalue weighted by atomic mass is 9.85. The van der Waals surface area contributed by atoms with Gasteiger partial charge in [-0.25, -0.2) is 0 Å². The Balaban J connectivity index is 2.48. The van der Waals surface area contributed by atoms with Gasteiger partial charge in [0.05, 0.1) is 0 Å². The summed E-state index contributed by atoms with van der Waals surface area (Å²) >= 11 is 2.00. The van der Waals surface area contributed by atoms with Crippen LogP contribution >= 0.6 is 11.8 Å². The maximum atomic E-state index is 2.40. The Morgan fingerprint density at radius 1 is 1.29 bits per heavy atom. The summed E-state index contributed by atoms with van der Waals surface area (Å²) in [5, 5.41) is 0. The summed E-state index contributed by atoms with van der Waals surface area (Å²) in [6.45, 7) is 9.21. The zero-order chi connectivity index (χ0) is 10.3. The number of hydrogen-bond donors (Lipinski definition) is 0. The molecular formula is C13H18S. The van der Waals surface area contributed by atoms with Gasteiger partial charge in [0.15, 0.2) is 0 Å². The van der Waals surface area contributed by atoms with Gasteiger partial charge in [0.25, 0.3) is 0 Å². The first-order valence-corrected chi connectivity index (χ1v) is 6.26. The molecule has 0 nitrogen and oxygen atoms in total. The molecule has 1 aromatic carbocycles. The second kappa shape index (κ2) is 3.30. The summed E-state index contributed by atoms with van der Waals surface area (Å²) in [6, 6.07) is 6.97. The minimum Gasteiger partial charge on any atom is -0.125 e. The van der Waals surface area contributed by atoms with Crippen molar-refractivity contribution in [2.45, 2.75) is 43.9 Å². The molecule has 0 fully saturated rings. The monoisotopic (exact) mass is 206 g/mol. The Kier molecular flexibility index (Phi) is 2.38. The van der Waals surface area contributed by atoms with Crippen LogP contribution in [0.3, 0.4) is 0 Å². The maximum absolute atomic E-state index is 2.40. The van der Waals surface area contributed by atoms with Crippen molar-refractivity contribution < 1.29 is 0 Å². The summed E-state index contributed by atoms with van der Waals surface area (Å²) in [6.07, 6.45) is 0. The van der Waals surface area contributed by atoms with Gasteiger partial charge in [-0.1, -0.05) is 39.8 Å². The molecular weight excluding hydrogens is 188 g/mol. The van der Waals surface area contributed by atoms with E-state index in [1.807, 2.05) is 11.8 Å². The van der Waals surface area contributed by atoms with Gasteiger partial charge in [-0.3, -0.25) is 0 Å². The van der Waals surface area contributed by atoms with Gasteiger partial charge in [0, 0.05) is 16.1 Å². The molecule has 0 aromatic heterocycles. The Bertz CT molecular complexity index is 350. The summed E-state index contributed by atoms with van der Waals surface area (Å²) < 4.78 is 0. The Morgan fingerprint density at radius 3 is 2.64 bits per heavy atom. The zero-order valence-corrected chi connectivity index (χ0v) is 10.2. The second-order valence-electron chi connectivity index (χ2n) is 5.08. The van der Waals surface area contributed by atoms with Crippen molar-refractivity contribution in [2.75, 3.05) is 5.75 Å². The van der Waals surface area contributed by atoms with Gasteiger partial charge >= 0.3 is 0 Å². The van der Waals surface area contributed by atoms with Crippen LogP contribution in [-0.4, -0.2) is 5.75 Å². The van der Waals surface area contributed by atoms with Gasteiger partial charge in [0.2, 0.25) is 0 Å². The van der Waals surface area contributed by atoms with Crippen LogP contribution < -0.4 is 0 Å². The number of benzene rings is 1. The molecule has 2 rings (SSSR count). The van der Waals surface area contributed by atoms with Gasteiger partial charge < -0.3 is 0 Å². The molecule has 0 saturated heterocycles. The SMILES string of the molecule is CC(C)c1ccc2c(c1)C(C)(C)CS2. The molecule has 0 unspecified atom stereocenters. The fourth-order valence-electron chi connectivity index (χ4n) is 1.90. The molecule has 0 N–H and O–H groups in total. The largest absolute Gasteiger partial charge is 0.125 e. The predicted molar refractivity (Wildman–Crippen MR) is 64.3 cm³/mol. The van der Waals surface area contributed by atoms with E-state index >= 15 is 0 Å². The third-order valence-corrected chi connectivity index (χ3v) is 4.52. The number of rotatable bonds is 1. The van der Waals surface area contributed by atoms with Gasteiger partial charge in [-0.15, -0.1) is 11.8 Å². The van der Waals surface area contributed by atoms with E-state index < -0.39 is 0 Å². The fraction of sp³-hybridized carbons (Fsp3) is 0.538. The van der Waals surface area contributed by atoms with E-state index in [0.717, 1.165) is 0 Å². The molecule has 0 radical (unpaired) electrons. The Morgan fingerprint density at radius 2 is 2.00 bits per heavy atom. The van der Waals surface area contributed by atoms with Crippen LogP contribution in [0.2, 0.25) is 0 Å². The van der Waals surface area contributed by atoms with Crippen LogP contribution in [0, 0.1) is 0 Å². The number of fused-ring (bicyclic) bond motifs is 1. The average molecular weight is 206 g/mol. The van der Waals surface area contributed by atoms with Gasteiger partial charge in [-0.05, 0) is 23.1 Å². The molecule has 1 heteroatoms. The smallest absolute Gasteiger partial charge is 0.0110 e. The van der Waals surface area contributed by atoms with Crippen LogP contribution in [0.1, 0.15) is 44.7 Å². The van der Waals surface area contributed by atoms with Crippen LogP contribution in [-0.2, 0) is 5.41 Å². The molecule has 0 spiro atoms. The highest BCUT2D eigenvalue weighted by Gasteiger charge is 2.30. The highest BCUT2D eigenvalue weighted by molar-refractivity contribution is 7.99. The molecule has 1 aliphatic rings. The first kappa shape index (κ1) is 10.1. The summed E-state index contributed by atoms with van der Waals surface area (Å²) in [7, 11) is 0. The van der Waals surface area contributed by atoms with E-state index in [2.05, 4.69) is 45.9 Å². The zero-order valence-electron chi connectivity index (χ0n) is 9.42. The quantitative estimate of drug-likeness (QED) is 0.664. The van der Waals surface area contributed by atoms with Gasteiger partial charge in [0.1, 0.15) is 0 Å². The molecule has 1 aromatic rings. The Labute approximate surface area is 91.1 Å². The lowest BCUT2D eigenvalue weighted by molar-refractivity contribution is 0.603. The lowest BCUT2D eigenvalue weighted by Crippen LogP contribution is -2.15. The molecule has 76 valence electrons. The first-order chi connectivity index (χ1) is 6.50. The van der Waals surface area contributed by atoms with Crippen molar-refractivity contribution >= 4 is 11.8 Å². The van der Waals surface area contributed by atoms with Crippen molar-refractivity contribution in [3.8, 4) is 0 Å². The van der Waals surface area contributed by atoms with E-state index in [-0.39, 0.29) is 0 Å². The van der Waals surface area contributed by atoms with Crippen LogP contribution in [0.15, 0.2) is 23.1 Å². The van der Waals surface area contributed by atoms with E-state index in [4.69, 9.17) is 0 Å². The second-order valence-corrected chi connectivity index (χ2v) is 6.10. The summed E-state index contributed by atoms with van der Waals surface area (Å²) in [5.74, 6) is 1.87. The van der Waals surface area contributed by atoms with Gasteiger partial charge in [-0.2, -0.15) is 0 Å². The fourth-order valence-corrected chi connectivity index (χ4v) is 3.22. The molecule has 0 aliphatic carbocycles. The highest BCUT2D eigenvalue weighted by Crippen LogP contribution is 2.44. The predicted octanol–water partition coefficient (Wildman–Crippen LogP) is 4.19. The molecule has 0 amide bonds. The number of thioether (sulfide) groups is 1. The van der Waals surface area contributed by atoms with E-state index in [0.29, 0.717) is 11.3 Å². The maximum Gasteiger partial charge on any atom is 0.0110 e. The first-order valence-electron chi connectivity index (χ1n) is 5.28. The minimum atomic E-state index is 0.366. The third kappa shape index (κ3) is 1.58. The topological polar surface area (TPSA) is 0 Å². The summed E-state index contributed by atoms with van der Waals surface area (Å²) in [5.41, 5.74) is 3.39. The normalized spacial score (nSPS) is 18.6. The third-order valence-electron chi connectivity index (χ3n) is 2.99. The molecule has 1 aliphatic heterocycles. The van der Waals surface area contributed by atoms with Crippen LogP contribution in [0.4, 0.5) is 0 Å². The van der Waals surface area contributed by atoms with E-state index in [1.54, 1.807) is 5.56 Å². The lowest BCUT2D eigenvalue weighted by Gasteiger charge is -2.19. The standard InChI is InChI=1S/C13H18S/c1-9(2)10-5-6-12-11(7-10)13(3,4)8-14-12/h5-7,9H,8H2,1-4H3. The molecule has 1 heterocycles. The van der Waals surface area contributed by atoms with E-state index in [9.17, 15) is 0 Å². The Hall–Kier alpha value is -0.430. The van der Waals surface area contributed by atoms with Crippen LogP contribution in [0.5, 0.6) is 0 Å². The van der Waals surface area contributed by atoms with Crippen molar-refractivity contribution in [2.24, 2.45) is 0 Å². The average Bonchev–Trinajstić information content (AvgIpc) is 2.42. The highest BCUT2D eigenvalue weighted by atomic mass is 32.2. The summed E-state index contributed by atoms with van der Waals surface area (Å²) in [4.78, 5) is 1.49. The number of hydrogen-bond acceptors (Lipinski definition) is 1. The van der Waals surface area contributed by atoms with Crippen molar-refractivity contribution in [1.29, 1.82) is 0 Å². The van der Waals surface area contributed by atoms with Crippen molar-refractivity contribution in [1.82, 2.24) is 0 Å². The molecule has 0 bridgehead atoms. The minimum absolute atomic E-state index is 0.366. The van der Waals surface area contributed by atoms with E-state index in [1.165, 1.54) is 16.2 Å². The van der Waals surface area contributed by atoms with Crippen molar-refractivity contribution in [3.63, 3.8) is 0 Å². The van der Waals surface area contributed by atoms with Crippen LogP contribution in [0.25, 0.3) is 0 Å². The molecule has 0 saturated carbocycles. The van der Waals surface area contributed by atoms with Crippen molar-refractivity contribution in [3.05, 3.63) is 29.3 Å².